The molecular formula is C27H28ClF2N7O. The molecule has 3 heterocycles. The highest BCUT2D eigenvalue weighted by atomic mass is 35.5. The molecule has 3 aromatic rings. The number of aryl methyl sites for hydroxylation is 1. The number of anilines is 1. The third kappa shape index (κ3) is 5.11. The van der Waals surface area contributed by atoms with Crippen molar-refractivity contribution in [3.63, 3.8) is 0 Å². The molecule has 38 heavy (non-hydrogen) atoms. The average molecular weight is 540 g/mol. The van der Waals surface area contributed by atoms with Crippen LogP contribution in [0, 0.1) is 29.6 Å². The van der Waals surface area contributed by atoms with Crippen molar-refractivity contribution in [3.05, 3.63) is 69.2 Å². The lowest BCUT2D eigenvalue weighted by Gasteiger charge is -2.21. The number of fused-ring (bicyclic) bond motifs is 1. The summed E-state index contributed by atoms with van der Waals surface area (Å²) in [5, 5.41) is 17.6. The molecule has 0 bridgehead atoms. The standard InChI is InChI=1S/C27H28ClF2N7O/c1-6-32-21-10-18(28)8-7-17(21)9-19-16(3)34-26-20(11-31)23(24(29)30)35-37(26)25(19)33-12-22(38)36-13-15(2)27(4,5)14-36/h6-10,15,24,32H,1,12-14H2,2-5H3/b19-9+,33-25?. The first-order chi connectivity index (χ1) is 18.0. The van der Waals surface area contributed by atoms with Crippen LogP contribution in [0.2, 0.25) is 5.02 Å². The van der Waals surface area contributed by atoms with Crippen LogP contribution >= 0.6 is 11.6 Å². The number of likely N-dealkylation sites (tertiary alicyclic amines) is 1. The minimum atomic E-state index is -2.98. The van der Waals surface area contributed by atoms with Gasteiger partial charge in [0.25, 0.3) is 6.43 Å². The van der Waals surface area contributed by atoms with Crippen LogP contribution in [0.5, 0.6) is 0 Å². The van der Waals surface area contributed by atoms with E-state index in [2.05, 4.69) is 47.7 Å². The Hall–Kier alpha value is -3.84. The van der Waals surface area contributed by atoms with Gasteiger partial charge in [0.1, 0.15) is 23.9 Å². The summed E-state index contributed by atoms with van der Waals surface area (Å²) in [6.07, 6.45) is 0.271. The van der Waals surface area contributed by atoms with Gasteiger partial charge in [-0.15, -0.1) is 0 Å². The van der Waals surface area contributed by atoms with Gasteiger partial charge < -0.3 is 10.2 Å². The van der Waals surface area contributed by atoms with Crippen molar-refractivity contribution < 1.29 is 13.6 Å². The Labute approximate surface area is 223 Å². The van der Waals surface area contributed by atoms with E-state index in [9.17, 15) is 18.8 Å². The Kier molecular flexibility index (Phi) is 7.51. The number of carbonyl (C=O) groups excluding carboxylic acids is 1. The van der Waals surface area contributed by atoms with Gasteiger partial charge in [0.2, 0.25) is 5.91 Å². The van der Waals surface area contributed by atoms with Crippen molar-refractivity contribution in [2.45, 2.75) is 34.1 Å². The number of nitriles is 1. The first-order valence-electron chi connectivity index (χ1n) is 12.0. The molecule has 2 aromatic heterocycles. The second kappa shape index (κ2) is 10.5. The summed E-state index contributed by atoms with van der Waals surface area (Å²) >= 11 is 6.16. The summed E-state index contributed by atoms with van der Waals surface area (Å²) in [6, 6.07) is 6.98. The van der Waals surface area contributed by atoms with Crippen molar-refractivity contribution >= 4 is 34.9 Å². The number of nitrogens with zero attached hydrogens (tertiary/aromatic N) is 6. The quantitative estimate of drug-likeness (QED) is 0.510. The highest BCUT2D eigenvalue weighted by Gasteiger charge is 2.38. The summed E-state index contributed by atoms with van der Waals surface area (Å²) in [5.41, 5.74) is 0.843. The van der Waals surface area contributed by atoms with Crippen LogP contribution < -0.4 is 16.0 Å². The van der Waals surface area contributed by atoms with Crippen molar-refractivity contribution in [2.24, 2.45) is 16.3 Å². The average Bonchev–Trinajstić information content (AvgIpc) is 3.36. The van der Waals surface area contributed by atoms with E-state index in [1.807, 2.05) is 0 Å². The molecule has 0 saturated carbocycles. The molecule has 1 aromatic carbocycles. The highest BCUT2D eigenvalue weighted by Crippen LogP contribution is 2.34. The van der Waals surface area contributed by atoms with Crippen molar-refractivity contribution in [1.29, 1.82) is 5.26 Å². The lowest BCUT2D eigenvalue weighted by molar-refractivity contribution is -0.129. The number of hydrogen-bond donors (Lipinski definition) is 1. The van der Waals surface area contributed by atoms with E-state index in [0.29, 0.717) is 46.2 Å². The Morgan fingerprint density at radius 3 is 2.79 bits per heavy atom. The Morgan fingerprint density at radius 2 is 2.18 bits per heavy atom. The highest BCUT2D eigenvalue weighted by molar-refractivity contribution is 6.30. The topological polar surface area (TPSA) is 98.7 Å². The molecule has 198 valence electrons. The molecule has 0 radical (unpaired) electrons. The Morgan fingerprint density at radius 1 is 1.45 bits per heavy atom. The largest absolute Gasteiger partial charge is 0.362 e. The maximum Gasteiger partial charge on any atom is 0.283 e. The fourth-order valence-corrected chi connectivity index (χ4v) is 4.69. The van der Waals surface area contributed by atoms with E-state index < -0.39 is 12.1 Å². The molecule has 0 spiro atoms. The molecule has 1 saturated heterocycles. The molecular weight excluding hydrogens is 512 g/mol. The zero-order valence-corrected chi connectivity index (χ0v) is 22.4. The van der Waals surface area contributed by atoms with E-state index in [1.165, 1.54) is 6.20 Å². The number of halogens is 3. The maximum absolute atomic E-state index is 13.8. The zero-order valence-electron chi connectivity index (χ0n) is 21.6. The molecule has 1 aliphatic rings. The number of benzene rings is 1. The van der Waals surface area contributed by atoms with Crippen LogP contribution in [-0.2, 0) is 4.79 Å². The van der Waals surface area contributed by atoms with Crippen molar-refractivity contribution in [1.82, 2.24) is 19.5 Å². The van der Waals surface area contributed by atoms with E-state index in [1.54, 1.807) is 42.2 Å². The van der Waals surface area contributed by atoms with Crippen LogP contribution in [0.1, 0.15) is 49.7 Å². The second-order valence-electron chi connectivity index (χ2n) is 10.0. The zero-order chi connectivity index (χ0) is 27.8. The molecule has 1 fully saturated rings. The predicted octanol–water partition coefficient (Wildman–Crippen LogP) is 4.01. The second-order valence-corrected chi connectivity index (χ2v) is 10.5. The molecule has 1 atom stereocenters. The fraction of sp³-hybridized carbons (Fsp3) is 0.370. The molecule has 4 rings (SSSR count). The van der Waals surface area contributed by atoms with Crippen molar-refractivity contribution in [2.75, 3.05) is 25.0 Å². The van der Waals surface area contributed by atoms with Crippen LogP contribution in [-0.4, -0.2) is 45.0 Å². The van der Waals surface area contributed by atoms with Gasteiger partial charge in [-0.2, -0.15) is 14.9 Å². The van der Waals surface area contributed by atoms with Crippen LogP contribution in [0.25, 0.3) is 11.7 Å². The van der Waals surface area contributed by atoms with E-state index in [0.717, 1.165) is 4.52 Å². The number of amides is 1. The maximum atomic E-state index is 13.8. The number of carbonyl (C=O) groups is 1. The molecule has 8 nitrogen and oxygen atoms in total. The van der Waals surface area contributed by atoms with Gasteiger partial charge in [0.05, 0.1) is 5.69 Å². The van der Waals surface area contributed by atoms with Crippen LogP contribution in [0.3, 0.4) is 0 Å². The fourth-order valence-electron chi connectivity index (χ4n) is 4.52. The number of alkyl halides is 2. The molecule has 1 aliphatic heterocycles. The molecule has 1 unspecified atom stereocenters. The van der Waals surface area contributed by atoms with Gasteiger partial charge >= 0.3 is 0 Å². The molecule has 0 aliphatic carbocycles. The summed E-state index contributed by atoms with van der Waals surface area (Å²) in [7, 11) is 0. The summed E-state index contributed by atoms with van der Waals surface area (Å²) in [6.45, 7) is 12.7. The number of nitrogens with one attached hydrogen (secondary N) is 1. The van der Waals surface area contributed by atoms with E-state index in [-0.39, 0.29) is 34.6 Å². The minimum absolute atomic E-state index is 0.0197. The third-order valence-electron chi connectivity index (χ3n) is 7.03. The van der Waals surface area contributed by atoms with Crippen LogP contribution in [0.4, 0.5) is 14.5 Å². The third-order valence-corrected chi connectivity index (χ3v) is 7.26. The van der Waals surface area contributed by atoms with Crippen LogP contribution in [0.15, 0.2) is 36.0 Å². The van der Waals surface area contributed by atoms with E-state index >= 15 is 0 Å². The Balaban J connectivity index is 1.96. The smallest absolute Gasteiger partial charge is 0.283 e. The lowest BCUT2D eigenvalue weighted by atomic mass is 9.84. The van der Waals surface area contributed by atoms with Crippen molar-refractivity contribution in [3.8, 4) is 6.07 Å². The number of hydrogen-bond acceptors (Lipinski definition) is 6. The summed E-state index contributed by atoms with van der Waals surface area (Å²) < 4.78 is 28.6. The minimum Gasteiger partial charge on any atom is -0.362 e. The summed E-state index contributed by atoms with van der Waals surface area (Å²) in [4.78, 5) is 23.9. The Bertz CT molecular complexity index is 1590. The van der Waals surface area contributed by atoms with Gasteiger partial charge in [0, 0.05) is 29.0 Å². The monoisotopic (exact) mass is 539 g/mol. The van der Waals surface area contributed by atoms with Gasteiger partial charge in [-0.05, 0) is 48.2 Å². The van der Waals surface area contributed by atoms with Gasteiger partial charge in [-0.3, -0.25) is 9.79 Å². The normalized spacial score (nSPS) is 17.9. The summed E-state index contributed by atoms with van der Waals surface area (Å²) in [5.74, 6) is 0.141. The molecule has 1 amide bonds. The van der Waals surface area contributed by atoms with Gasteiger partial charge in [-0.25, -0.2) is 13.8 Å². The lowest BCUT2D eigenvalue weighted by Crippen LogP contribution is -2.39. The number of rotatable bonds is 6. The SMILES string of the molecule is C=CNc1cc(Cl)ccc1/C=c1\c(C)nc2c(C#N)c(C(F)F)nn2c1=NCC(=O)N1CC(C)C(C)(C)C1. The first-order valence-corrected chi connectivity index (χ1v) is 12.4. The first kappa shape index (κ1) is 27.2. The van der Waals surface area contributed by atoms with Gasteiger partial charge in [0.15, 0.2) is 11.1 Å². The van der Waals surface area contributed by atoms with Gasteiger partial charge in [-0.1, -0.05) is 45.0 Å². The predicted molar refractivity (Wildman–Crippen MR) is 141 cm³/mol. The number of aromatic nitrogens is 3. The molecule has 11 heteroatoms. The molecule has 1 N–H and O–H groups in total. The van der Waals surface area contributed by atoms with E-state index in [4.69, 9.17) is 11.6 Å².